The lowest BCUT2D eigenvalue weighted by molar-refractivity contribution is -0.139. The van der Waals surface area contributed by atoms with E-state index in [0.29, 0.717) is 18.1 Å². The van der Waals surface area contributed by atoms with E-state index in [1.807, 2.05) is 24.0 Å². The van der Waals surface area contributed by atoms with Gasteiger partial charge in [0.25, 0.3) is 0 Å². The van der Waals surface area contributed by atoms with Gasteiger partial charge >= 0.3 is 5.97 Å². The first-order chi connectivity index (χ1) is 10.5. The lowest BCUT2D eigenvalue weighted by Gasteiger charge is -2.43. The number of hydrogen-bond donors (Lipinski definition) is 2. The Morgan fingerprint density at radius 1 is 1.41 bits per heavy atom. The van der Waals surface area contributed by atoms with Crippen molar-refractivity contribution in [2.24, 2.45) is 0 Å². The van der Waals surface area contributed by atoms with Crippen LogP contribution in [0.1, 0.15) is 32.3 Å². The number of aliphatic carboxylic acids is 1. The number of carboxylic acids is 1. The monoisotopic (exact) mass is 324 g/mol. The standard InChI is InChI=1S/C17H25ClN2O2/c1-3-20(11-17(21)22)16-9-15(10-16)19-12(2)8-13-4-6-14(18)7-5-13/h4-7,12,15-16,19H,3,8-11H2,1-2H3,(H,21,22). The predicted octanol–water partition coefficient (Wildman–Crippen LogP) is 2.80. The summed E-state index contributed by atoms with van der Waals surface area (Å²) in [5.41, 5.74) is 1.28. The van der Waals surface area contributed by atoms with Gasteiger partial charge in [0.2, 0.25) is 0 Å². The quantitative estimate of drug-likeness (QED) is 0.772. The highest BCUT2D eigenvalue weighted by molar-refractivity contribution is 6.30. The second-order valence-electron chi connectivity index (χ2n) is 6.18. The second-order valence-corrected chi connectivity index (χ2v) is 6.61. The van der Waals surface area contributed by atoms with Gasteiger partial charge in [0, 0.05) is 23.1 Å². The summed E-state index contributed by atoms with van der Waals surface area (Å²) in [4.78, 5) is 12.9. The van der Waals surface area contributed by atoms with Crippen molar-refractivity contribution in [3.05, 3.63) is 34.9 Å². The van der Waals surface area contributed by atoms with Crippen molar-refractivity contribution in [2.45, 2.75) is 51.2 Å². The summed E-state index contributed by atoms with van der Waals surface area (Å²) in [6, 6.07) is 9.28. The van der Waals surface area contributed by atoms with Gasteiger partial charge in [0.15, 0.2) is 0 Å². The van der Waals surface area contributed by atoms with Crippen molar-refractivity contribution in [3.8, 4) is 0 Å². The van der Waals surface area contributed by atoms with Gasteiger partial charge in [0.1, 0.15) is 0 Å². The molecule has 22 heavy (non-hydrogen) atoms. The molecule has 2 N–H and O–H groups in total. The predicted molar refractivity (Wildman–Crippen MR) is 89.4 cm³/mol. The zero-order valence-corrected chi connectivity index (χ0v) is 14.0. The van der Waals surface area contributed by atoms with Crippen molar-refractivity contribution in [3.63, 3.8) is 0 Å². The Labute approximate surface area is 137 Å². The minimum absolute atomic E-state index is 0.147. The zero-order chi connectivity index (χ0) is 16.1. The Morgan fingerprint density at radius 2 is 2.05 bits per heavy atom. The molecular weight excluding hydrogens is 300 g/mol. The number of likely N-dealkylation sites (N-methyl/N-ethyl adjacent to an activating group) is 1. The summed E-state index contributed by atoms with van der Waals surface area (Å²) < 4.78 is 0. The Morgan fingerprint density at radius 3 is 2.59 bits per heavy atom. The number of nitrogens with one attached hydrogen (secondary N) is 1. The van der Waals surface area contributed by atoms with E-state index in [1.165, 1.54) is 5.56 Å². The van der Waals surface area contributed by atoms with E-state index in [4.69, 9.17) is 16.7 Å². The highest BCUT2D eigenvalue weighted by Gasteiger charge is 2.34. The summed E-state index contributed by atoms with van der Waals surface area (Å²) >= 11 is 5.90. The largest absolute Gasteiger partial charge is 0.480 e. The van der Waals surface area contributed by atoms with Crippen molar-refractivity contribution >= 4 is 17.6 Å². The number of nitrogens with zero attached hydrogens (tertiary/aromatic N) is 1. The summed E-state index contributed by atoms with van der Waals surface area (Å²) in [6.45, 7) is 5.15. The van der Waals surface area contributed by atoms with Crippen LogP contribution in [0, 0.1) is 0 Å². The SMILES string of the molecule is CCN(CC(=O)O)C1CC(NC(C)Cc2ccc(Cl)cc2)C1. The number of halogens is 1. The van der Waals surface area contributed by atoms with Gasteiger partial charge in [-0.3, -0.25) is 9.69 Å². The fourth-order valence-electron chi connectivity index (χ4n) is 3.13. The average Bonchev–Trinajstić information content (AvgIpc) is 2.42. The van der Waals surface area contributed by atoms with Crippen molar-refractivity contribution < 1.29 is 9.90 Å². The van der Waals surface area contributed by atoms with Crippen LogP contribution < -0.4 is 5.32 Å². The summed E-state index contributed by atoms with van der Waals surface area (Å²) in [5.74, 6) is -0.741. The molecule has 0 spiro atoms. The maximum atomic E-state index is 10.8. The molecule has 5 heteroatoms. The van der Waals surface area contributed by atoms with Crippen LogP contribution in [-0.4, -0.2) is 47.2 Å². The fourth-order valence-corrected chi connectivity index (χ4v) is 3.26. The molecule has 0 radical (unpaired) electrons. The molecule has 1 atom stereocenters. The van der Waals surface area contributed by atoms with E-state index in [0.717, 1.165) is 30.8 Å². The molecule has 4 nitrogen and oxygen atoms in total. The lowest BCUT2D eigenvalue weighted by atomic mass is 9.84. The van der Waals surface area contributed by atoms with Crippen LogP contribution in [-0.2, 0) is 11.2 Å². The molecule has 2 rings (SSSR count). The van der Waals surface area contributed by atoms with Gasteiger partial charge in [-0.15, -0.1) is 0 Å². The van der Waals surface area contributed by atoms with E-state index < -0.39 is 5.97 Å². The normalized spacial score (nSPS) is 22.4. The molecule has 1 saturated carbocycles. The molecule has 1 aromatic rings. The third-order valence-corrected chi connectivity index (χ3v) is 4.60. The molecule has 1 aliphatic rings. The van der Waals surface area contributed by atoms with Crippen LogP contribution in [0.15, 0.2) is 24.3 Å². The summed E-state index contributed by atoms with van der Waals surface area (Å²) in [6.07, 6.45) is 3.04. The molecular formula is C17H25ClN2O2. The number of carboxylic acid groups (broad SMARTS) is 1. The molecule has 1 aliphatic carbocycles. The third kappa shape index (κ3) is 4.97. The van der Waals surface area contributed by atoms with Crippen molar-refractivity contribution in [1.82, 2.24) is 10.2 Å². The van der Waals surface area contributed by atoms with Crippen LogP contribution >= 0.6 is 11.6 Å². The number of carbonyl (C=O) groups is 1. The molecule has 1 aromatic carbocycles. The van der Waals surface area contributed by atoms with Crippen LogP contribution in [0.25, 0.3) is 0 Å². The smallest absolute Gasteiger partial charge is 0.317 e. The molecule has 0 heterocycles. The first-order valence-corrected chi connectivity index (χ1v) is 8.32. The van der Waals surface area contributed by atoms with Crippen molar-refractivity contribution in [2.75, 3.05) is 13.1 Å². The van der Waals surface area contributed by atoms with Gasteiger partial charge in [-0.25, -0.2) is 0 Å². The molecule has 0 bridgehead atoms. The van der Waals surface area contributed by atoms with Gasteiger partial charge in [-0.2, -0.15) is 0 Å². The molecule has 0 amide bonds. The van der Waals surface area contributed by atoms with Crippen molar-refractivity contribution in [1.29, 1.82) is 0 Å². The van der Waals surface area contributed by atoms with Crippen LogP contribution in [0.5, 0.6) is 0 Å². The minimum Gasteiger partial charge on any atom is -0.480 e. The first kappa shape index (κ1) is 17.3. The van der Waals surface area contributed by atoms with Gasteiger partial charge in [0.05, 0.1) is 6.54 Å². The Balaban J connectivity index is 1.72. The Hall–Kier alpha value is -1.10. The first-order valence-electron chi connectivity index (χ1n) is 7.94. The second kappa shape index (κ2) is 7.95. The maximum Gasteiger partial charge on any atom is 0.317 e. The number of benzene rings is 1. The third-order valence-electron chi connectivity index (χ3n) is 4.35. The summed E-state index contributed by atoms with van der Waals surface area (Å²) in [5, 5.41) is 13.3. The molecule has 0 saturated heterocycles. The van der Waals surface area contributed by atoms with E-state index in [-0.39, 0.29) is 6.54 Å². The number of rotatable bonds is 8. The highest BCUT2D eigenvalue weighted by atomic mass is 35.5. The minimum atomic E-state index is -0.741. The lowest BCUT2D eigenvalue weighted by Crippen LogP contribution is -2.55. The topological polar surface area (TPSA) is 52.6 Å². The molecule has 1 fully saturated rings. The fraction of sp³-hybridized carbons (Fsp3) is 0.588. The van der Waals surface area contributed by atoms with E-state index in [9.17, 15) is 4.79 Å². The average molecular weight is 325 g/mol. The molecule has 1 unspecified atom stereocenters. The van der Waals surface area contributed by atoms with E-state index in [1.54, 1.807) is 0 Å². The Bertz CT molecular complexity index is 486. The van der Waals surface area contributed by atoms with Crippen LogP contribution in [0.4, 0.5) is 0 Å². The van der Waals surface area contributed by atoms with Gasteiger partial charge in [-0.1, -0.05) is 30.7 Å². The van der Waals surface area contributed by atoms with Gasteiger partial charge in [-0.05, 0) is 50.4 Å². The molecule has 122 valence electrons. The zero-order valence-electron chi connectivity index (χ0n) is 13.3. The maximum absolute atomic E-state index is 10.8. The Kier molecular flexibility index (Phi) is 6.24. The molecule has 0 aliphatic heterocycles. The number of hydrogen-bond acceptors (Lipinski definition) is 3. The highest BCUT2D eigenvalue weighted by Crippen LogP contribution is 2.26. The van der Waals surface area contributed by atoms with E-state index in [2.05, 4.69) is 24.4 Å². The van der Waals surface area contributed by atoms with Crippen LogP contribution in [0.2, 0.25) is 5.02 Å². The van der Waals surface area contributed by atoms with Crippen LogP contribution in [0.3, 0.4) is 0 Å². The van der Waals surface area contributed by atoms with Gasteiger partial charge < -0.3 is 10.4 Å². The molecule has 0 aromatic heterocycles. The summed E-state index contributed by atoms with van der Waals surface area (Å²) in [7, 11) is 0. The van der Waals surface area contributed by atoms with E-state index >= 15 is 0 Å².